The third-order valence-corrected chi connectivity index (χ3v) is 6.45. The number of aryl methyl sites for hydroxylation is 1. The van der Waals surface area contributed by atoms with Gasteiger partial charge in [-0.1, -0.05) is 18.9 Å². The Labute approximate surface area is 175 Å². The number of carbonyl (C=O) groups is 1. The summed E-state index contributed by atoms with van der Waals surface area (Å²) in [5.41, 5.74) is 0.446. The van der Waals surface area contributed by atoms with Crippen LogP contribution in [0.25, 0.3) is 10.2 Å². The summed E-state index contributed by atoms with van der Waals surface area (Å²) in [7, 11) is 0. The monoisotopic (exact) mass is 435 g/mol. The van der Waals surface area contributed by atoms with Crippen molar-refractivity contribution in [3.63, 3.8) is 0 Å². The lowest BCUT2D eigenvalue weighted by molar-refractivity contribution is -0.155. The van der Waals surface area contributed by atoms with Crippen LogP contribution in [0.5, 0.6) is 0 Å². The van der Waals surface area contributed by atoms with Crippen molar-refractivity contribution in [2.75, 3.05) is 5.32 Å². The van der Waals surface area contributed by atoms with Gasteiger partial charge in [0.2, 0.25) is 0 Å². The molecule has 10 heteroatoms. The van der Waals surface area contributed by atoms with Gasteiger partial charge in [0.25, 0.3) is 5.91 Å². The number of anilines is 1. The number of halogens is 3. The zero-order valence-corrected chi connectivity index (χ0v) is 17.0. The lowest BCUT2D eigenvalue weighted by atomic mass is 10.1. The number of carbonyl (C=O) groups excluding carboxylic acids is 1. The number of hydrogen-bond acceptors (Lipinski definition) is 6. The summed E-state index contributed by atoms with van der Waals surface area (Å²) in [4.78, 5) is 25.9. The molecule has 1 saturated carbocycles. The molecule has 30 heavy (non-hydrogen) atoms. The SMILES string of the molecule is Cc1c(C(=O)NC(c2cccnc2)C(F)(F)F)sc2ncnc(NC3CCCC3)c12. The first-order chi connectivity index (χ1) is 14.3. The summed E-state index contributed by atoms with van der Waals surface area (Å²) >= 11 is 1.07. The molecular weight excluding hydrogens is 415 g/mol. The van der Waals surface area contributed by atoms with Crippen molar-refractivity contribution in [2.24, 2.45) is 0 Å². The summed E-state index contributed by atoms with van der Waals surface area (Å²) in [6, 6.07) is 0.852. The zero-order valence-electron chi connectivity index (χ0n) is 16.2. The molecule has 0 radical (unpaired) electrons. The number of alkyl halides is 3. The molecule has 1 fully saturated rings. The number of nitrogens with zero attached hydrogens (tertiary/aromatic N) is 3. The standard InChI is InChI=1S/C20H20F3N5OS/c1-11-14-17(27-13-6-2-3-7-13)25-10-26-19(14)30-15(11)18(29)28-16(20(21,22)23)12-5-4-8-24-9-12/h4-5,8-10,13,16H,2-3,6-7H2,1H3,(H,28,29)(H,25,26,27). The molecule has 0 spiro atoms. The largest absolute Gasteiger partial charge is 0.412 e. The van der Waals surface area contributed by atoms with Crippen LogP contribution in [-0.2, 0) is 0 Å². The number of amides is 1. The molecule has 3 aromatic heterocycles. The van der Waals surface area contributed by atoms with Crippen molar-refractivity contribution in [3.05, 3.63) is 46.9 Å². The Kier molecular flexibility index (Phi) is 5.59. The quantitative estimate of drug-likeness (QED) is 0.603. The average Bonchev–Trinajstić information content (AvgIpc) is 3.34. The number of fused-ring (bicyclic) bond motifs is 1. The van der Waals surface area contributed by atoms with E-state index in [0.29, 0.717) is 27.6 Å². The van der Waals surface area contributed by atoms with Crippen molar-refractivity contribution in [3.8, 4) is 0 Å². The highest BCUT2D eigenvalue weighted by Gasteiger charge is 2.42. The van der Waals surface area contributed by atoms with Gasteiger partial charge in [-0.3, -0.25) is 9.78 Å². The topological polar surface area (TPSA) is 79.8 Å². The average molecular weight is 435 g/mol. The van der Waals surface area contributed by atoms with Gasteiger partial charge in [-0.2, -0.15) is 13.2 Å². The van der Waals surface area contributed by atoms with E-state index in [-0.39, 0.29) is 10.4 Å². The Morgan fingerprint density at radius 3 is 2.70 bits per heavy atom. The van der Waals surface area contributed by atoms with E-state index < -0.39 is 18.1 Å². The second-order valence-corrected chi connectivity index (χ2v) is 8.32. The Bertz CT molecular complexity index is 1050. The van der Waals surface area contributed by atoms with Crippen LogP contribution in [0.4, 0.5) is 19.0 Å². The zero-order chi connectivity index (χ0) is 21.3. The highest BCUT2D eigenvalue weighted by molar-refractivity contribution is 7.20. The van der Waals surface area contributed by atoms with E-state index in [0.717, 1.165) is 43.2 Å². The maximum Gasteiger partial charge on any atom is 0.412 e. The van der Waals surface area contributed by atoms with E-state index in [2.05, 4.69) is 25.6 Å². The second-order valence-electron chi connectivity index (χ2n) is 7.32. The van der Waals surface area contributed by atoms with Crippen LogP contribution in [-0.4, -0.2) is 33.1 Å². The van der Waals surface area contributed by atoms with Crippen LogP contribution in [0, 0.1) is 6.92 Å². The molecule has 3 heterocycles. The predicted octanol–water partition coefficient (Wildman–Crippen LogP) is 4.78. The van der Waals surface area contributed by atoms with Crippen molar-refractivity contribution in [2.45, 2.75) is 50.9 Å². The van der Waals surface area contributed by atoms with Crippen LogP contribution in [0.15, 0.2) is 30.9 Å². The van der Waals surface area contributed by atoms with Crippen molar-refractivity contribution >= 4 is 33.3 Å². The highest BCUT2D eigenvalue weighted by atomic mass is 32.1. The van der Waals surface area contributed by atoms with Crippen LogP contribution in [0.1, 0.15) is 52.5 Å². The van der Waals surface area contributed by atoms with E-state index in [4.69, 9.17) is 0 Å². The third kappa shape index (κ3) is 4.09. The number of nitrogens with one attached hydrogen (secondary N) is 2. The summed E-state index contributed by atoms with van der Waals surface area (Å²) in [6.45, 7) is 1.71. The first kappa shape index (κ1) is 20.5. The second kappa shape index (κ2) is 8.17. The lowest BCUT2D eigenvalue weighted by Gasteiger charge is -2.21. The first-order valence-corrected chi connectivity index (χ1v) is 10.4. The summed E-state index contributed by atoms with van der Waals surface area (Å²) in [5, 5.41) is 6.21. The van der Waals surface area contributed by atoms with Crippen molar-refractivity contribution < 1.29 is 18.0 Å². The molecule has 2 N–H and O–H groups in total. The Morgan fingerprint density at radius 2 is 2.03 bits per heavy atom. The van der Waals surface area contributed by atoms with Gasteiger partial charge in [0.15, 0.2) is 6.04 Å². The number of hydrogen-bond donors (Lipinski definition) is 2. The van der Waals surface area contributed by atoms with Gasteiger partial charge < -0.3 is 10.6 Å². The Hall–Kier alpha value is -2.75. The Balaban J connectivity index is 1.65. The molecule has 6 nitrogen and oxygen atoms in total. The fourth-order valence-electron chi connectivity index (χ4n) is 3.76. The van der Waals surface area contributed by atoms with E-state index in [1.165, 1.54) is 24.7 Å². The van der Waals surface area contributed by atoms with E-state index in [9.17, 15) is 18.0 Å². The lowest BCUT2D eigenvalue weighted by Crippen LogP contribution is -2.38. The van der Waals surface area contributed by atoms with E-state index in [1.807, 2.05) is 0 Å². The van der Waals surface area contributed by atoms with Crippen molar-refractivity contribution in [1.29, 1.82) is 0 Å². The minimum Gasteiger partial charge on any atom is -0.367 e. The molecule has 1 atom stereocenters. The number of pyridine rings is 1. The minimum absolute atomic E-state index is 0.125. The maximum absolute atomic E-state index is 13.6. The summed E-state index contributed by atoms with van der Waals surface area (Å²) < 4.78 is 40.8. The normalized spacial score (nSPS) is 16.0. The maximum atomic E-state index is 13.6. The molecule has 158 valence electrons. The molecule has 0 bridgehead atoms. The molecule has 0 aromatic carbocycles. The van der Waals surface area contributed by atoms with Gasteiger partial charge in [0.05, 0.1) is 10.3 Å². The van der Waals surface area contributed by atoms with E-state index in [1.54, 1.807) is 6.92 Å². The van der Waals surface area contributed by atoms with Crippen LogP contribution in [0.3, 0.4) is 0 Å². The molecule has 0 aliphatic heterocycles. The third-order valence-electron chi connectivity index (χ3n) is 5.25. The number of thiophene rings is 1. The molecule has 1 aliphatic rings. The molecular formula is C20H20F3N5OS. The first-order valence-electron chi connectivity index (χ1n) is 9.62. The molecule has 3 aromatic rings. The van der Waals surface area contributed by atoms with Gasteiger partial charge in [0, 0.05) is 24.0 Å². The van der Waals surface area contributed by atoms with Crippen LogP contribution >= 0.6 is 11.3 Å². The fraction of sp³-hybridized carbons (Fsp3) is 0.400. The Morgan fingerprint density at radius 1 is 1.27 bits per heavy atom. The van der Waals surface area contributed by atoms with Crippen LogP contribution in [0.2, 0.25) is 0 Å². The predicted molar refractivity (Wildman–Crippen MR) is 109 cm³/mol. The van der Waals surface area contributed by atoms with Gasteiger partial charge in [-0.05, 0) is 31.4 Å². The van der Waals surface area contributed by atoms with Gasteiger partial charge in [-0.15, -0.1) is 11.3 Å². The van der Waals surface area contributed by atoms with Gasteiger partial charge in [-0.25, -0.2) is 9.97 Å². The summed E-state index contributed by atoms with van der Waals surface area (Å²) in [5.74, 6) is -0.173. The van der Waals surface area contributed by atoms with E-state index >= 15 is 0 Å². The number of aromatic nitrogens is 3. The van der Waals surface area contributed by atoms with Crippen LogP contribution < -0.4 is 10.6 Å². The fourth-order valence-corrected chi connectivity index (χ4v) is 4.81. The number of rotatable bonds is 5. The molecule has 0 saturated heterocycles. The highest BCUT2D eigenvalue weighted by Crippen LogP contribution is 2.37. The molecule has 1 amide bonds. The smallest absolute Gasteiger partial charge is 0.367 e. The van der Waals surface area contributed by atoms with Gasteiger partial charge >= 0.3 is 6.18 Å². The molecule has 4 rings (SSSR count). The van der Waals surface area contributed by atoms with Gasteiger partial charge in [0.1, 0.15) is 17.0 Å². The molecule has 1 aliphatic carbocycles. The van der Waals surface area contributed by atoms with Crippen molar-refractivity contribution in [1.82, 2.24) is 20.3 Å². The minimum atomic E-state index is -4.65. The summed E-state index contributed by atoms with van der Waals surface area (Å²) in [6.07, 6.45) is 3.62. The molecule has 1 unspecified atom stereocenters.